The van der Waals surface area contributed by atoms with Crippen LogP contribution in [0.25, 0.3) is 10.9 Å². The molecule has 3 heteroatoms. The summed E-state index contributed by atoms with van der Waals surface area (Å²) in [6, 6.07) is 8.85. The van der Waals surface area contributed by atoms with Gasteiger partial charge in [-0.1, -0.05) is 49.6 Å². The third-order valence-electron chi connectivity index (χ3n) is 4.37. The molecule has 1 aromatic heterocycles. The highest BCUT2D eigenvalue weighted by atomic mass is 35.5. The first-order valence-corrected chi connectivity index (χ1v) is 7.62. The predicted molar refractivity (Wildman–Crippen MR) is 81.6 cm³/mol. The first kappa shape index (κ1) is 13.0. The van der Waals surface area contributed by atoms with E-state index in [-0.39, 0.29) is 0 Å². The number of benzene rings is 1. The van der Waals surface area contributed by atoms with Crippen LogP contribution in [-0.4, -0.2) is 11.0 Å². The van der Waals surface area contributed by atoms with E-state index in [0.29, 0.717) is 6.04 Å². The third-order valence-corrected chi connectivity index (χ3v) is 4.80. The summed E-state index contributed by atoms with van der Waals surface area (Å²) < 4.78 is 0. The SMILES string of the molecule is CC1CCCCC1NCc1[nH]c2ccccc2c1Cl. The van der Waals surface area contributed by atoms with Gasteiger partial charge < -0.3 is 10.3 Å². The standard InChI is InChI=1S/C16H21ClN2/c1-11-6-2-4-8-13(11)18-10-15-16(17)12-7-3-5-9-14(12)19-15/h3,5,7,9,11,13,18-19H,2,4,6,8,10H2,1H3. The fourth-order valence-electron chi connectivity index (χ4n) is 3.14. The molecule has 0 spiro atoms. The van der Waals surface area contributed by atoms with Gasteiger partial charge in [0.15, 0.2) is 0 Å². The van der Waals surface area contributed by atoms with Gasteiger partial charge in [-0.05, 0) is 24.8 Å². The Morgan fingerprint density at radius 2 is 2.05 bits per heavy atom. The Labute approximate surface area is 119 Å². The van der Waals surface area contributed by atoms with Gasteiger partial charge >= 0.3 is 0 Å². The van der Waals surface area contributed by atoms with Crippen molar-refractivity contribution < 1.29 is 0 Å². The van der Waals surface area contributed by atoms with Crippen LogP contribution in [0.3, 0.4) is 0 Å². The average Bonchev–Trinajstić information content (AvgIpc) is 2.75. The zero-order chi connectivity index (χ0) is 13.2. The van der Waals surface area contributed by atoms with Crippen LogP contribution < -0.4 is 5.32 Å². The van der Waals surface area contributed by atoms with E-state index in [1.54, 1.807) is 0 Å². The summed E-state index contributed by atoms with van der Waals surface area (Å²) in [5.74, 6) is 0.775. The highest BCUT2D eigenvalue weighted by Gasteiger charge is 2.21. The number of aromatic amines is 1. The molecule has 2 nitrogen and oxygen atoms in total. The van der Waals surface area contributed by atoms with Crippen molar-refractivity contribution in [2.45, 2.75) is 45.2 Å². The molecule has 1 heterocycles. The van der Waals surface area contributed by atoms with Crippen molar-refractivity contribution in [3.63, 3.8) is 0 Å². The number of H-pyrrole nitrogens is 1. The number of hydrogen-bond donors (Lipinski definition) is 2. The van der Waals surface area contributed by atoms with E-state index in [1.807, 2.05) is 12.1 Å². The molecular formula is C16H21ClN2. The molecule has 0 saturated heterocycles. The average molecular weight is 277 g/mol. The minimum atomic E-state index is 0.635. The van der Waals surface area contributed by atoms with E-state index in [2.05, 4.69) is 29.4 Å². The molecule has 2 atom stereocenters. The van der Waals surface area contributed by atoms with Crippen LogP contribution >= 0.6 is 11.6 Å². The topological polar surface area (TPSA) is 27.8 Å². The van der Waals surface area contributed by atoms with E-state index < -0.39 is 0 Å². The Bertz CT molecular complexity index is 561. The summed E-state index contributed by atoms with van der Waals surface area (Å²) in [4.78, 5) is 3.42. The molecule has 1 aliphatic rings. The maximum absolute atomic E-state index is 6.44. The molecule has 102 valence electrons. The highest BCUT2D eigenvalue weighted by Crippen LogP contribution is 2.28. The minimum absolute atomic E-state index is 0.635. The van der Waals surface area contributed by atoms with E-state index in [1.165, 1.54) is 25.7 Å². The monoisotopic (exact) mass is 276 g/mol. The number of aromatic nitrogens is 1. The van der Waals surface area contributed by atoms with Gasteiger partial charge in [-0.15, -0.1) is 0 Å². The van der Waals surface area contributed by atoms with Gasteiger partial charge in [-0.3, -0.25) is 0 Å². The lowest BCUT2D eigenvalue weighted by molar-refractivity contribution is 0.279. The van der Waals surface area contributed by atoms with E-state index in [9.17, 15) is 0 Å². The molecule has 3 rings (SSSR count). The van der Waals surface area contributed by atoms with Crippen LogP contribution in [0, 0.1) is 5.92 Å². The van der Waals surface area contributed by atoms with E-state index in [0.717, 1.165) is 34.1 Å². The molecule has 1 fully saturated rings. The number of halogens is 1. The van der Waals surface area contributed by atoms with Gasteiger partial charge in [0, 0.05) is 29.2 Å². The molecule has 1 saturated carbocycles. The number of rotatable bonds is 3. The maximum Gasteiger partial charge on any atom is 0.0705 e. The number of hydrogen-bond acceptors (Lipinski definition) is 1. The van der Waals surface area contributed by atoms with Gasteiger partial charge in [-0.25, -0.2) is 0 Å². The van der Waals surface area contributed by atoms with Crippen LogP contribution in [0.15, 0.2) is 24.3 Å². The van der Waals surface area contributed by atoms with Crippen molar-refractivity contribution in [3.8, 4) is 0 Å². The molecule has 0 bridgehead atoms. The third kappa shape index (κ3) is 2.65. The summed E-state index contributed by atoms with van der Waals surface area (Å²) in [7, 11) is 0. The van der Waals surface area contributed by atoms with E-state index >= 15 is 0 Å². The minimum Gasteiger partial charge on any atom is -0.356 e. The molecular weight excluding hydrogens is 256 g/mol. The van der Waals surface area contributed by atoms with Gasteiger partial charge in [0.25, 0.3) is 0 Å². The maximum atomic E-state index is 6.44. The van der Waals surface area contributed by atoms with Crippen LogP contribution in [0.5, 0.6) is 0 Å². The van der Waals surface area contributed by atoms with Gasteiger partial charge in [0.05, 0.1) is 5.02 Å². The molecule has 2 aromatic rings. The summed E-state index contributed by atoms with van der Waals surface area (Å²) in [6.45, 7) is 3.19. The van der Waals surface area contributed by atoms with Crippen LogP contribution in [-0.2, 0) is 6.54 Å². The lowest BCUT2D eigenvalue weighted by Gasteiger charge is -2.29. The Morgan fingerprint density at radius 1 is 1.26 bits per heavy atom. The summed E-state index contributed by atoms with van der Waals surface area (Å²) >= 11 is 6.44. The zero-order valence-electron chi connectivity index (χ0n) is 11.4. The summed E-state index contributed by atoms with van der Waals surface area (Å²) in [6.07, 6.45) is 5.37. The lowest BCUT2D eigenvalue weighted by atomic mass is 9.86. The Balaban J connectivity index is 1.73. The summed E-state index contributed by atoms with van der Waals surface area (Å²) in [5.41, 5.74) is 2.24. The van der Waals surface area contributed by atoms with E-state index in [4.69, 9.17) is 11.6 Å². The molecule has 0 aliphatic heterocycles. The summed E-state index contributed by atoms with van der Waals surface area (Å²) in [5, 5.41) is 5.66. The first-order chi connectivity index (χ1) is 9.25. The normalized spacial score (nSPS) is 23.9. The second kappa shape index (κ2) is 5.56. The van der Waals surface area contributed by atoms with Crippen molar-refractivity contribution >= 4 is 22.5 Å². The van der Waals surface area contributed by atoms with Crippen molar-refractivity contribution in [1.29, 1.82) is 0 Å². The van der Waals surface area contributed by atoms with Crippen LogP contribution in [0.4, 0.5) is 0 Å². The van der Waals surface area contributed by atoms with Crippen molar-refractivity contribution in [1.82, 2.24) is 10.3 Å². The Morgan fingerprint density at radius 3 is 2.84 bits per heavy atom. The predicted octanol–water partition coefficient (Wildman–Crippen LogP) is 4.49. The largest absolute Gasteiger partial charge is 0.356 e. The van der Waals surface area contributed by atoms with Crippen LogP contribution in [0.2, 0.25) is 5.02 Å². The smallest absolute Gasteiger partial charge is 0.0705 e. The first-order valence-electron chi connectivity index (χ1n) is 7.24. The number of nitrogens with one attached hydrogen (secondary N) is 2. The van der Waals surface area contributed by atoms with Crippen molar-refractivity contribution in [2.75, 3.05) is 0 Å². The number of para-hydroxylation sites is 1. The Kier molecular flexibility index (Phi) is 3.81. The molecule has 1 aliphatic carbocycles. The lowest BCUT2D eigenvalue weighted by Crippen LogP contribution is -2.36. The van der Waals surface area contributed by atoms with Crippen molar-refractivity contribution in [3.05, 3.63) is 35.0 Å². The van der Waals surface area contributed by atoms with Gasteiger partial charge in [-0.2, -0.15) is 0 Å². The quantitative estimate of drug-likeness (QED) is 0.849. The molecule has 0 radical (unpaired) electrons. The van der Waals surface area contributed by atoms with Crippen LogP contribution in [0.1, 0.15) is 38.3 Å². The fraction of sp³-hybridized carbons (Fsp3) is 0.500. The number of fused-ring (bicyclic) bond motifs is 1. The molecule has 19 heavy (non-hydrogen) atoms. The molecule has 1 aromatic carbocycles. The zero-order valence-corrected chi connectivity index (χ0v) is 12.1. The second-order valence-electron chi connectivity index (χ2n) is 5.71. The highest BCUT2D eigenvalue weighted by molar-refractivity contribution is 6.36. The molecule has 0 amide bonds. The Hall–Kier alpha value is -0.990. The molecule has 2 unspecified atom stereocenters. The van der Waals surface area contributed by atoms with Crippen molar-refractivity contribution in [2.24, 2.45) is 5.92 Å². The fourth-order valence-corrected chi connectivity index (χ4v) is 3.42. The molecule has 2 N–H and O–H groups in total. The second-order valence-corrected chi connectivity index (χ2v) is 6.09. The van der Waals surface area contributed by atoms with Gasteiger partial charge in [0.1, 0.15) is 0 Å². The van der Waals surface area contributed by atoms with Gasteiger partial charge in [0.2, 0.25) is 0 Å².